The molecule has 1 saturated heterocycles. The summed E-state index contributed by atoms with van der Waals surface area (Å²) in [5, 5.41) is 2.70. The average Bonchev–Trinajstić information content (AvgIpc) is 2.43. The Balaban J connectivity index is 2.36. The Kier molecular flexibility index (Phi) is 7.50. The van der Waals surface area contributed by atoms with Crippen LogP contribution in [0.1, 0.15) is 6.42 Å². The average molecular weight is 324 g/mol. The molecule has 1 rings (SSSR count). The summed E-state index contributed by atoms with van der Waals surface area (Å²) in [5.41, 5.74) is 0. The van der Waals surface area contributed by atoms with Gasteiger partial charge in [0.15, 0.2) is 0 Å². The molecule has 6 nitrogen and oxygen atoms in total. The van der Waals surface area contributed by atoms with Crippen molar-refractivity contribution in [2.45, 2.75) is 6.42 Å². The van der Waals surface area contributed by atoms with Crippen LogP contribution in [-0.2, 0) is 14.8 Å². The first-order chi connectivity index (χ1) is 9.49. The second-order valence-electron chi connectivity index (χ2n) is 4.63. The topological polar surface area (TPSA) is 69.7 Å². The van der Waals surface area contributed by atoms with Crippen LogP contribution in [0.25, 0.3) is 0 Å². The number of halogens is 1. The SMILES string of the molecule is C=CCNC(=O)CN1CCN(S(=O)(=O)CCCCl)CC1. The maximum Gasteiger partial charge on any atom is 0.234 e. The number of carbonyl (C=O) groups excluding carboxylic acids is 1. The molecule has 1 N–H and O–H groups in total. The molecule has 0 aliphatic carbocycles. The number of carbonyl (C=O) groups is 1. The summed E-state index contributed by atoms with van der Waals surface area (Å²) < 4.78 is 25.4. The molecule has 20 heavy (non-hydrogen) atoms. The highest BCUT2D eigenvalue weighted by Crippen LogP contribution is 2.09. The Morgan fingerprint density at radius 1 is 1.30 bits per heavy atom. The lowest BCUT2D eigenvalue weighted by Gasteiger charge is -2.33. The van der Waals surface area contributed by atoms with Crippen molar-refractivity contribution in [3.63, 3.8) is 0 Å². The van der Waals surface area contributed by atoms with E-state index in [0.29, 0.717) is 51.6 Å². The van der Waals surface area contributed by atoms with E-state index in [-0.39, 0.29) is 11.7 Å². The Labute approximate surface area is 125 Å². The standard InChI is InChI=1S/C12H22ClN3O3S/c1-2-5-14-12(17)11-15-6-8-16(9-7-15)20(18,19)10-3-4-13/h2H,1,3-11H2,(H,14,17). The molecule has 116 valence electrons. The van der Waals surface area contributed by atoms with Crippen LogP contribution in [-0.4, -0.2) is 74.4 Å². The predicted molar refractivity (Wildman–Crippen MR) is 80.3 cm³/mol. The van der Waals surface area contributed by atoms with Crippen molar-refractivity contribution in [3.8, 4) is 0 Å². The lowest BCUT2D eigenvalue weighted by atomic mass is 10.3. The fourth-order valence-electron chi connectivity index (χ4n) is 1.98. The number of nitrogens with zero attached hydrogens (tertiary/aromatic N) is 2. The molecule has 0 spiro atoms. The van der Waals surface area contributed by atoms with Gasteiger partial charge >= 0.3 is 0 Å². The predicted octanol–water partition coefficient (Wildman–Crippen LogP) is -0.135. The van der Waals surface area contributed by atoms with E-state index < -0.39 is 10.0 Å². The van der Waals surface area contributed by atoms with Gasteiger partial charge in [-0.15, -0.1) is 18.2 Å². The zero-order valence-corrected chi connectivity index (χ0v) is 13.1. The summed E-state index contributed by atoms with van der Waals surface area (Å²) in [5.74, 6) is 0.377. The van der Waals surface area contributed by atoms with E-state index in [2.05, 4.69) is 11.9 Å². The third kappa shape index (κ3) is 5.78. The van der Waals surface area contributed by atoms with E-state index in [0.717, 1.165) is 0 Å². The lowest BCUT2D eigenvalue weighted by Crippen LogP contribution is -2.51. The van der Waals surface area contributed by atoms with E-state index in [1.807, 2.05) is 4.90 Å². The molecule has 0 aromatic carbocycles. The minimum absolute atomic E-state index is 0.0663. The van der Waals surface area contributed by atoms with Crippen LogP contribution in [0.5, 0.6) is 0 Å². The summed E-state index contributed by atoms with van der Waals surface area (Å²) >= 11 is 5.53. The zero-order chi connectivity index (χ0) is 15.0. The van der Waals surface area contributed by atoms with Crippen molar-refractivity contribution in [3.05, 3.63) is 12.7 Å². The van der Waals surface area contributed by atoms with E-state index in [9.17, 15) is 13.2 Å². The highest BCUT2D eigenvalue weighted by molar-refractivity contribution is 7.89. The highest BCUT2D eigenvalue weighted by atomic mass is 35.5. The lowest BCUT2D eigenvalue weighted by molar-refractivity contribution is -0.122. The second kappa shape index (κ2) is 8.61. The Hall–Kier alpha value is -0.630. The van der Waals surface area contributed by atoms with Crippen molar-refractivity contribution in [2.24, 2.45) is 0 Å². The molecule has 0 atom stereocenters. The number of hydrogen-bond acceptors (Lipinski definition) is 4. The van der Waals surface area contributed by atoms with Gasteiger partial charge in [0.25, 0.3) is 0 Å². The van der Waals surface area contributed by atoms with Crippen LogP contribution in [0.15, 0.2) is 12.7 Å². The summed E-state index contributed by atoms with van der Waals surface area (Å²) in [4.78, 5) is 13.5. The summed E-state index contributed by atoms with van der Waals surface area (Å²) in [6, 6.07) is 0. The van der Waals surface area contributed by atoms with Crippen LogP contribution in [0.4, 0.5) is 0 Å². The van der Waals surface area contributed by atoms with Crippen LogP contribution in [0, 0.1) is 0 Å². The number of sulfonamides is 1. The van der Waals surface area contributed by atoms with Gasteiger partial charge < -0.3 is 5.32 Å². The van der Waals surface area contributed by atoms with Gasteiger partial charge in [-0.25, -0.2) is 8.42 Å². The van der Waals surface area contributed by atoms with Crippen molar-refractivity contribution in [1.82, 2.24) is 14.5 Å². The van der Waals surface area contributed by atoms with Crippen molar-refractivity contribution in [1.29, 1.82) is 0 Å². The summed E-state index contributed by atoms with van der Waals surface area (Å²) in [6.45, 7) is 6.28. The van der Waals surface area contributed by atoms with Crippen LogP contribution in [0.3, 0.4) is 0 Å². The van der Waals surface area contributed by atoms with Gasteiger partial charge in [0, 0.05) is 38.6 Å². The zero-order valence-electron chi connectivity index (χ0n) is 11.6. The molecule has 8 heteroatoms. The molecule has 0 unspecified atom stereocenters. The van der Waals surface area contributed by atoms with Gasteiger partial charge in [-0.2, -0.15) is 4.31 Å². The van der Waals surface area contributed by atoms with E-state index in [1.54, 1.807) is 6.08 Å². The molecule has 1 heterocycles. The molecule has 0 saturated carbocycles. The molecule has 0 bridgehead atoms. The molecule has 1 aliphatic heterocycles. The first kappa shape index (κ1) is 17.4. The third-order valence-electron chi connectivity index (χ3n) is 3.07. The van der Waals surface area contributed by atoms with Gasteiger partial charge in [-0.1, -0.05) is 6.08 Å². The second-order valence-corrected chi connectivity index (χ2v) is 7.09. The van der Waals surface area contributed by atoms with E-state index >= 15 is 0 Å². The van der Waals surface area contributed by atoms with Crippen LogP contribution < -0.4 is 5.32 Å². The van der Waals surface area contributed by atoms with Crippen molar-refractivity contribution >= 4 is 27.5 Å². The first-order valence-corrected chi connectivity index (χ1v) is 8.77. The maximum absolute atomic E-state index is 12.0. The minimum Gasteiger partial charge on any atom is -0.352 e. The normalized spacial score (nSPS) is 17.9. The molecule has 0 radical (unpaired) electrons. The van der Waals surface area contributed by atoms with Crippen molar-refractivity contribution in [2.75, 3.05) is 50.9 Å². The van der Waals surface area contributed by atoms with Crippen LogP contribution >= 0.6 is 11.6 Å². The Morgan fingerprint density at radius 3 is 2.50 bits per heavy atom. The smallest absolute Gasteiger partial charge is 0.234 e. The number of piperazine rings is 1. The molecule has 1 fully saturated rings. The van der Waals surface area contributed by atoms with Crippen molar-refractivity contribution < 1.29 is 13.2 Å². The quantitative estimate of drug-likeness (QED) is 0.499. The van der Waals surface area contributed by atoms with Gasteiger partial charge in [0.1, 0.15) is 0 Å². The van der Waals surface area contributed by atoms with Crippen LogP contribution in [0.2, 0.25) is 0 Å². The molecule has 0 aromatic heterocycles. The number of hydrogen-bond donors (Lipinski definition) is 1. The minimum atomic E-state index is -3.20. The van der Waals surface area contributed by atoms with Gasteiger partial charge in [0.2, 0.25) is 15.9 Å². The molecular weight excluding hydrogens is 302 g/mol. The number of rotatable bonds is 8. The largest absolute Gasteiger partial charge is 0.352 e. The van der Waals surface area contributed by atoms with Gasteiger partial charge in [-0.3, -0.25) is 9.69 Å². The molecule has 1 aliphatic rings. The number of alkyl halides is 1. The molecule has 0 aromatic rings. The van der Waals surface area contributed by atoms with Gasteiger partial charge in [-0.05, 0) is 6.42 Å². The monoisotopic (exact) mass is 323 g/mol. The summed E-state index contributed by atoms with van der Waals surface area (Å²) in [7, 11) is -3.20. The van der Waals surface area contributed by atoms with E-state index in [1.165, 1.54) is 4.31 Å². The number of amides is 1. The first-order valence-electron chi connectivity index (χ1n) is 6.63. The number of nitrogens with one attached hydrogen (secondary N) is 1. The van der Waals surface area contributed by atoms with Gasteiger partial charge in [0.05, 0.1) is 12.3 Å². The fraction of sp³-hybridized carbons (Fsp3) is 0.750. The Bertz CT molecular complexity index is 420. The fourth-order valence-corrected chi connectivity index (χ4v) is 3.76. The molecule has 1 amide bonds. The van der Waals surface area contributed by atoms with E-state index in [4.69, 9.17) is 11.6 Å². The summed E-state index contributed by atoms with van der Waals surface area (Å²) in [6.07, 6.45) is 2.09. The maximum atomic E-state index is 12.0. The molecular formula is C12H22ClN3O3S. The highest BCUT2D eigenvalue weighted by Gasteiger charge is 2.26. The Morgan fingerprint density at radius 2 is 1.95 bits per heavy atom. The third-order valence-corrected chi connectivity index (χ3v) is 5.30.